The van der Waals surface area contributed by atoms with Crippen molar-refractivity contribution < 1.29 is 23.8 Å². The Labute approximate surface area is 152 Å². The van der Waals surface area contributed by atoms with E-state index in [0.29, 0.717) is 30.6 Å². The molecule has 0 aromatic heterocycles. The summed E-state index contributed by atoms with van der Waals surface area (Å²) in [5, 5.41) is 21.5. The van der Waals surface area contributed by atoms with Crippen LogP contribution < -0.4 is 9.64 Å². The number of aryl methyl sites for hydroxylation is 1. The van der Waals surface area contributed by atoms with Crippen molar-refractivity contribution in [3.8, 4) is 5.75 Å². The Bertz CT molecular complexity index is 933. The van der Waals surface area contributed by atoms with Crippen LogP contribution >= 0.6 is 0 Å². The van der Waals surface area contributed by atoms with Crippen LogP contribution in [0.4, 0.5) is 21.5 Å². The summed E-state index contributed by atoms with van der Waals surface area (Å²) in [6, 6.07) is 7.16. The molecule has 140 valence electrons. The molecule has 0 radical (unpaired) electrons. The number of carbonyl (C=O) groups excluding carboxylic acids is 1. The molecule has 1 amide bonds. The Morgan fingerprint density at radius 2 is 1.78 bits per heavy atom. The monoisotopic (exact) mass is 375 g/mol. The first-order chi connectivity index (χ1) is 12.9. The average molecular weight is 375 g/mol. The van der Waals surface area contributed by atoms with Crippen LogP contribution in [0, 0.1) is 26.0 Å². The van der Waals surface area contributed by atoms with Gasteiger partial charge in [0, 0.05) is 30.4 Å². The van der Waals surface area contributed by atoms with Crippen LogP contribution in [0.5, 0.6) is 5.75 Å². The van der Waals surface area contributed by atoms with Crippen molar-refractivity contribution in [2.75, 3.05) is 18.1 Å². The number of rotatable bonds is 5. The number of fused-ring (bicyclic) bond motifs is 1. The van der Waals surface area contributed by atoms with E-state index in [4.69, 9.17) is 4.74 Å². The third-order valence-electron chi connectivity index (χ3n) is 4.17. The van der Waals surface area contributed by atoms with E-state index in [1.165, 1.54) is 23.1 Å². The first-order valence-electron chi connectivity index (χ1n) is 8.01. The number of halogens is 1. The molecule has 27 heavy (non-hydrogen) atoms. The maximum Gasteiger partial charge on any atom is 0.272 e. The second-order valence-corrected chi connectivity index (χ2v) is 5.88. The van der Waals surface area contributed by atoms with E-state index in [1.54, 1.807) is 0 Å². The fraction of sp³-hybridized carbons (Fsp3) is 0.235. The average Bonchev–Trinajstić information content (AvgIpc) is 2.65. The van der Waals surface area contributed by atoms with Gasteiger partial charge in [0.1, 0.15) is 0 Å². The first-order valence-corrected chi connectivity index (χ1v) is 8.01. The van der Waals surface area contributed by atoms with Gasteiger partial charge in [-0.15, -0.1) is 0 Å². The molecule has 1 heterocycles. The van der Waals surface area contributed by atoms with E-state index in [2.05, 4.69) is 0 Å². The molecule has 0 saturated heterocycles. The van der Waals surface area contributed by atoms with Crippen molar-refractivity contribution in [3.63, 3.8) is 0 Å². The van der Waals surface area contributed by atoms with Crippen LogP contribution in [0.2, 0.25) is 0 Å². The van der Waals surface area contributed by atoms with Crippen LogP contribution in [0.3, 0.4) is 0 Å². The highest BCUT2D eigenvalue weighted by atomic mass is 19.1. The highest BCUT2D eigenvalue weighted by Gasteiger charge is 2.25. The van der Waals surface area contributed by atoms with Crippen molar-refractivity contribution in [1.82, 2.24) is 0 Å². The van der Waals surface area contributed by atoms with Crippen LogP contribution in [-0.2, 0) is 11.2 Å². The molecule has 0 bridgehead atoms. The largest absolute Gasteiger partial charge is 0.481 e. The van der Waals surface area contributed by atoms with E-state index in [-0.39, 0.29) is 11.4 Å². The lowest BCUT2D eigenvalue weighted by Gasteiger charge is -2.29. The summed E-state index contributed by atoms with van der Waals surface area (Å²) < 4.78 is 19.0. The van der Waals surface area contributed by atoms with Gasteiger partial charge < -0.3 is 9.64 Å². The summed E-state index contributed by atoms with van der Waals surface area (Å²) in [5.41, 5.74) is 0.778. The van der Waals surface area contributed by atoms with Crippen LogP contribution in [0.1, 0.15) is 12.0 Å². The number of amides is 1. The smallest absolute Gasteiger partial charge is 0.272 e. The number of carbonyl (C=O) groups is 1. The molecule has 2 aromatic carbocycles. The number of ether oxygens (including phenoxy) is 1. The molecule has 0 saturated carbocycles. The molecule has 0 spiro atoms. The topological polar surface area (TPSA) is 116 Å². The van der Waals surface area contributed by atoms with Gasteiger partial charge in [0.15, 0.2) is 18.2 Å². The molecule has 1 aliphatic heterocycles. The van der Waals surface area contributed by atoms with Gasteiger partial charge in [0.2, 0.25) is 0 Å². The van der Waals surface area contributed by atoms with Gasteiger partial charge in [-0.25, -0.2) is 4.39 Å². The van der Waals surface area contributed by atoms with Crippen LogP contribution in [-0.4, -0.2) is 28.9 Å². The van der Waals surface area contributed by atoms with Crippen molar-refractivity contribution in [2.24, 2.45) is 0 Å². The number of non-ortho nitro benzene ring substituents is 2. The van der Waals surface area contributed by atoms with Crippen molar-refractivity contribution in [3.05, 3.63) is 68.0 Å². The second-order valence-electron chi connectivity index (χ2n) is 5.88. The lowest BCUT2D eigenvalue weighted by molar-refractivity contribution is -0.385. The molecule has 1 aliphatic rings. The SMILES string of the molecule is O=C(COc1ccc([N+](=O)[O-])cc1F)N1CCCc2cc([N+](=O)[O-])ccc21. The number of nitrogens with zero attached hydrogens (tertiary/aromatic N) is 3. The van der Waals surface area contributed by atoms with E-state index >= 15 is 0 Å². The molecule has 0 atom stereocenters. The lowest BCUT2D eigenvalue weighted by Crippen LogP contribution is -2.38. The minimum atomic E-state index is -0.938. The van der Waals surface area contributed by atoms with Gasteiger partial charge in [0.05, 0.1) is 15.9 Å². The highest BCUT2D eigenvalue weighted by Crippen LogP contribution is 2.31. The second kappa shape index (κ2) is 7.36. The number of anilines is 1. The van der Waals surface area contributed by atoms with Gasteiger partial charge in [-0.05, 0) is 30.5 Å². The lowest BCUT2D eigenvalue weighted by atomic mass is 10.0. The number of nitro benzene ring substituents is 2. The summed E-state index contributed by atoms with van der Waals surface area (Å²) in [6.07, 6.45) is 1.24. The molecular weight excluding hydrogens is 361 g/mol. The molecule has 0 N–H and O–H groups in total. The predicted octanol–water partition coefficient (Wildman–Crippen LogP) is 3.00. The van der Waals surface area contributed by atoms with Gasteiger partial charge in [-0.3, -0.25) is 25.0 Å². The van der Waals surface area contributed by atoms with Crippen LogP contribution in [0.25, 0.3) is 0 Å². The quantitative estimate of drug-likeness (QED) is 0.586. The van der Waals surface area contributed by atoms with Crippen molar-refractivity contribution in [2.45, 2.75) is 12.8 Å². The zero-order valence-corrected chi connectivity index (χ0v) is 14.0. The molecule has 10 heteroatoms. The Morgan fingerprint density at radius 3 is 2.44 bits per heavy atom. The molecule has 0 unspecified atom stereocenters. The Kier molecular flexibility index (Phi) is 4.97. The standard InChI is InChI=1S/C17H14FN3O6/c18-14-9-13(21(25)26)4-6-16(14)27-10-17(22)19-7-1-2-11-8-12(20(23)24)3-5-15(11)19/h3-6,8-9H,1-2,7,10H2. The van der Waals surface area contributed by atoms with E-state index < -0.39 is 33.9 Å². The Hall–Kier alpha value is -3.56. The van der Waals surface area contributed by atoms with E-state index in [9.17, 15) is 29.4 Å². The third-order valence-corrected chi connectivity index (χ3v) is 4.17. The molecular formula is C17H14FN3O6. The summed E-state index contributed by atoms with van der Waals surface area (Å²) in [4.78, 5) is 34.2. The maximum atomic E-state index is 13.8. The number of hydrogen-bond acceptors (Lipinski definition) is 6. The maximum absolute atomic E-state index is 13.8. The van der Waals surface area contributed by atoms with Crippen LogP contribution in [0.15, 0.2) is 36.4 Å². The fourth-order valence-corrected chi connectivity index (χ4v) is 2.89. The number of nitro groups is 2. The van der Waals surface area contributed by atoms with Gasteiger partial charge >= 0.3 is 0 Å². The first kappa shape index (κ1) is 18.2. The molecule has 0 aliphatic carbocycles. The highest BCUT2D eigenvalue weighted by molar-refractivity contribution is 5.95. The summed E-state index contributed by atoms with van der Waals surface area (Å²) in [5.74, 6) is -1.65. The summed E-state index contributed by atoms with van der Waals surface area (Å²) >= 11 is 0. The molecule has 9 nitrogen and oxygen atoms in total. The minimum absolute atomic E-state index is 0.0488. The Balaban J connectivity index is 1.73. The zero-order chi connectivity index (χ0) is 19.6. The number of hydrogen-bond donors (Lipinski definition) is 0. The van der Waals surface area contributed by atoms with Gasteiger partial charge in [-0.2, -0.15) is 0 Å². The molecule has 3 rings (SSSR count). The molecule has 2 aromatic rings. The van der Waals surface area contributed by atoms with Crippen molar-refractivity contribution in [1.29, 1.82) is 0 Å². The minimum Gasteiger partial charge on any atom is -0.481 e. The third kappa shape index (κ3) is 3.84. The van der Waals surface area contributed by atoms with E-state index in [0.717, 1.165) is 18.2 Å². The fourth-order valence-electron chi connectivity index (χ4n) is 2.89. The van der Waals surface area contributed by atoms with Gasteiger partial charge in [0.25, 0.3) is 17.3 Å². The van der Waals surface area contributed by atoms with Crippen molar-refractivity contribution >= 4 is 23.0 Å². The summed E-state index contributed by atoms with van der Waals surface area (Å²) in [6.45, 7) is -0.0547. The normalized spacial score (nSPS) is 13.0. The number of benzene rings is 2. The summed E-state index contributed by atoms with van der Waals surface area (Å²) in [7, 11) is 0. The molecule has 0 fully saturated rings. The Morgan fingerprint density at radius 1 is 1.11 bits per heavy atom. The van der Waals surface area contributed by atoms with Gasteiger partial charge in [-0.1, -0.05) is 0 Å². The zero-order valence-electron chi connectivity index (χ0n) is 14.0. The van der Waals surface area contributed by atoms with E-state index in [1.807, 2.05) is 0 Å². The predicted molar refractivity (Wildman–Crippen MR) is 92.3 cm³/mol.